The summed E-state index contributed by atoms with van der Waals surface area (Å²) in [6.07, 6.45) is 0.785. The van der Waals surface area contributed by atoms with Gasteiger partial charge in [0, 0.05) is 39.6 Å². The predicted molar refractivity (Wildman–Crippen MR) is 165 cm³/mol. The van der Waals surface area contributed by atoms with Crippen molar-refractivity contribution in [3.63, 3.8) is 0 Å². The molecule has 1 saturated heterocycles. The van der Waals surface area contributed by atoms with Crippen molar-refractivity contribution in [2.24, 2.45) is 11.7 Å². The SMILES string of the molecule is CC(C)[C@@H](C(=O)N(C)[C@@H](Cc1ccc(O)c(C(C)(C)C)c1)C(=O)N1CCOCC1)N(C)OC[C@@H](N)Cc1ccc(F)cc1. The number of carbonyl (C=O) groups excluding carboxylic acids is 2. The lowest BCUT2D eigenvalue weighted by Gasteiger charge is -2.38. The molecule has 9 nitrogen and oxygen atoms in total. The predicted octanol–water partition coefficient (Wildman–Crippen LogP) is 3.52. The molecule has 0 unspecified atom stereocenters. The van der Waals surface area contributed by atoms with Crippen LogP contribution in [0, 0.1) is 11.7 Å². The number of phenolic OH excluding ortho intramolecular Hbond substituents is 1. The maximum absolute atomic E-state index is 14.1. The Kier molecular flexibility index (Phi) is 12.1. The number of amides is 2. The normalized spacial score (nSPS) is 16.3. The third-order valence-corrected chi connectivity index (χ3v) is 7.90. The first kappa shape index (κ1) is 34.4. The fourth-order valence-corrected chi connectivity index (χ4v) is 5.42. The highest BCUT2D eigenvalue weighted by atomic mass is 19.1. The highest BCUT2D eigenvalue weighted by Crippen LogP contribution is 2.32. The Morgan fingerprint density at radius 3 is 2.23 bits per heavy atom. The Labute approximate surface area is 255 Å². The van der Waals surface area contributed by atoms with E-state index in [1.54, 1.807) is 43.3 Å². The number of benzene rings is 2. The molecule has 2 amide bonds. The van der Waals surface area contributed by atoms with Crippen molar-refractivity contribution in [3.8, 4) is 5.75 Å². The van der Waals surface area contributed by atoms with E-state index in [0.29, 0.717) is 39.1 Å². The van der Waals surface area contributed by atoms with Gasteiger partial charge in [0.05, 0.1) is 19.8 Å². The van der Waals surface area contributed by atoms with Gasteiger partial charge in [-0.15, -0.1) is 0 Å². The van der Waals surface area contributed by atoms with Gasteiger partial charge in [-0.25, -0.2) is 4.39 Å². The lowest BCUT2D eigenvalue weighted by molar-refractivity contribution is -0.192. The first-order valence-electron chi connectivity index (χ1n) is 15.0. The third-order valence-electron chi connectivity index (χ3n) is 7.90. The molecule has 0 aromatic heterocycles. The number of phenols is 1. The van der Waals surface area contributed by atoms with Crippen molar-refractivity contribution in [1.29, 1.82) is 0 Å². The number of likely N-dealkylation sites (N-methyl/N-ethyl adjacent to an activating group) is 2. The molecule has 2 aromatic rings. The van der Waals surface area contributed by atoms with E-state index >= 15 is 0 Å². The number of hydrogen-bond donors (Lipinski definition) is 2. The zero-order valence-electron chi connectivity index (χ0n) is 26.7. The number of hydrogen-bond acceptors (Lipinski definition) is 7. The van der Waals surface area contributed by atoms with Crippen molar-refractivity contribution in [1.82, 2.24) is 14.9 Å². The Bertz CT molecular complexity index is 1210. The van der Waals surface area contributed by atoms with Crippen LogP contribution in [0.15, 0.2) is 42.5 Å². The van der Waals surface area contributed by atoms with Crippen LogP contribution in [0.25, 0.3) is 0 Å². The molecule has 0 saturated carbocycles. The molecule has 3 rings (SSSR count). The maximum Gasteiger partial charge on any atom is 0.245 e. The molecule has 0 aliphatic carbocycles. The van der Waals surface area contributed by atoms with Gasteiger partial charge < -0.3 is 25.4 Å². The van der Waals surface area contributed by atoms with Gasteiger partial charge in [0.25, 0.3) is 0 Å². The van der Waals surface area contributed by atoms with Gasteiger partial charge in [-0.2, -0.15) is 5.06 Å². The van der Waals surface area contributed by atoms with Crippen molar-refractivity contribution >= 4 is 11.8 Å². The number of morpholine rings is 1. The summed E-state index contributed by atoms with van der Waals surface area (Å²) in [6, 6.07) is 9.76. The average molecular weight is 601 g/mol. The molecule has 3 atom stereocenters. The molecule has 0 bridgehead atoms. The fraction of sp³-hybridized carbons (Fsp3) is 0.576. The van der Waals surface area contributed by atoms with Crippen molar-refractivity contribution in [3.05, 3.63) is 65.0 Å². The summed E-state index contributed by atoms with van der Waals surface area (Å²) in [5.41, 5.74) is 8.52. The largest absolute Gasteiger partial charge is 0.508 e. The van der Waals surface area contributed by atoms with Crippen LogP contribution in [0.4, 0.5) is 4.39 Å². The molecule has 0 spiro atoms. The van der Waals surface area contributed by atoms with E-state index < -0.39 is 12.1 Å². The average Bonchev–Trinajstić information content (AvgIpc) is 2.95. The quantitative estimate of drug-likeness (QED) is 0.359. The van der Waals surface area contributed by atoms with Gasteiger partial charge in [-0.3, -0.25) is 14.4 Å². The van der Waals surface area contributed by atoms with Gasteiger partial charge in [0.1, 0.15) is 23.7 Å². The van der Waals surface area contributed by atoms with Crippen LogP contribution < -0.4 is 5.73 Å². The van der Waals surface area contributed by atoms with Crippen molar-refractivity contribution in [2.75, 3.05) is 47.0 Å². The second-order valence-corrected chi connectivity index (χ2v) is 12.8. The first-order valence-corrected chi connectivity index (χ1v) is 15.0. The molecule has 1 aliphatic heterocycles. The number of halogens is 1. The zero-order valence-corrected chi connectivity index (χ0v) is 26.7. The van der Waals surface area contributed by atoms with Gasteiger partial charge in [-0.1, -0.05) is 58.9 Å². The van der Waals surface area contributed by atoms with Crippen LogP contribution in [0.2, 0.25) is 0 Å². The molecule has 10 heteroatoms. The Morgan fingerprint density at radius 1 is 1.05 bits per heavy atom. The van der Waals surface area contributed by atoms with Gasteiger partial charge in [0.15, 0.2) is 0 Å². The van der Waals surface area contributed by atoms with Crippen molar-refractivity contribution in [2.45, 2.75) is 71.0 Å². The van der Waals surface area contributed by atoms with Crippen LogP contribution >= 0.6 is 0 Å². The van der Waals surface area contributed by atoms with Gasteiger partial charge >= 0.3 is 0 Å². The van der Waals surface area contributed by atoms with Crippen molar-refractivity contribution < 1.29 is 28.7 Å². The van der Waals surface area contributed by atoms with Crippen LogP contribution in [-0.4, -0.2) is 96.9 Å². The summed E-state index contributed by atoms with van der Waals surface area (Å²) < 4.78 is 18.7. The lowest BCUT2D eigenvalue weighted by Crippen LogP contribution is -2.57. The summed E-state index contributed by atoms with van der Waals surface area (Å²) in [6.45, 7) is 11.9. The summed E-state index contributed by atoms with van der Waals surface area (Å²) in [4.78, 5) is 37.3. The Morgan fingerprint density at radius 2 is 1.65 bits per heavy atom. The number of aromatic hydroxyl groups is 1. The molecule has 238 valence electrons. The highest BCUT2D eigenvalue weighted by Gasteiger charge is 2.38. The molecule has 1 fully saturated rings. The molecule has 3 N–H and O–H groups in total. The lowest BCUT2D eigenvalue weighted by atomic mass is 9.84. The Hall–Kier alpha value is -3.05. The molecular formula is C33H49FN4O5. The summed E-state index contributed by atoms with van der Waals surface area (Å²) in [7, 11) is 3.37. The monoisotopic (exact) mass is 600 g/mol. The van der Waals surface area contributed by atoms with Gasteiger partial charge in [-0.05, 0) is 52.6 Å². The number of nitrogens with two attached hydrogens (primary N) is 1. The number of hydroxylamine groups is 2. The number of ether oxygens (including phenoxy) is 1. The number of nitrogens with zero attached hydrogens (tertiary/aromatic N) is 3. The van der Waals surface area contributed by atoms with Crippen LogP contribution in [0.5, 0.6) is 5.75 Å². The molecular weight excluding hydrogens is 551 g/mol. The standard InChI is InChI=1S/C33H49FN4O5/c1-22(2)30(37(7)43-21-26(35)18-23-8-11-25(34)12-9-23)32(41)36(6)28(31(40)38-14-16-42-17-15-38)20-24-10-13-29(39)27(19-24)33(3,4)5/h8-13,19,22,26,28,30,39H,14-18,20-21,35H2,1-7H3/t26-,28-,30-/m0/s1. The topological polar surface area (TPSA) is 109 Å². The fourth-order valence-electron chi connectivity index (χ4n) is 5.42. The zero-order chi connectivity index (χ0) is 31.9. The summed E-state index contributed by atoms with van der Waals surface area (Å²) in [5.74, 6) is -0.620. The second kappa shape index (κ2) is 15.1. The molecule has 1 aliphatic rings. The molecule has 1 heterocycles. The second-order valence-electron chi connectivity index (χ2n) is 12.8. The van der Waals surface area contributed by atoms with Crippen LogP contribution in [-0.2, 0) is 37.4 Å². The minimum Gasteiger partial charge on any atom is -0.508 e. The third kappa shape index (κ3) is 9.47. The number of rotatable bonds is 12. The van der Waals surface area contributed by atoms with E-state index in [2.05, 4.69) is 0 Å². The number of carbonyl (C=O) groups is 2. The van der Waals surface area contributed by atoms with Crippen LogP contribution in [0.3, 0.4) is 0 Å². The van der Waals surface area contributed by atoms with E-state index in [1.165, 1.54) is 22.1 Å². The molecule has 0 radical (unpaired) electrons. The summed E-state index contributed by atoms with van der Waals surface area (Å²) >= 11 is 0. The Balaban J connectivity index is 1.80. The van der Waals surface area contributed by atoms with E-state index in [0.717, 1.165) is 16.7 Å². The summed E-state index contributed by atoms with van der Waals surface area (Å²) in [5, 5.41) is 12.0. The van der Waals surface area contributed by atoms with E-state index in [-0.39, 0.29) is 47.4 Å². The molecule has 43 heavy (non-hydrogen) atoms. The maximum atomic E-state index is 14.1. The van der Waals surface area contributed by atoms with E-state index in [1.807, 2.05) is 40.7 Å². The minimum absolute atomic E-state index is 0.131. The van der Waals surface area contributed by atoms with E-state index in [4.69, 9.17) is 15.3 Å². The first-order chi connectivity index (χ1) is 20.2. The van der Waals surface area contributed by atoms with Gasteiger partial charge in [0.2, 0.25) is 11.8 Å². The smallest absolute Gasteiger partial charge is 0.245 e. The molecule has 2 aromatic carbocycles. The van der Waals surface area contributed by atoms with Crippen LogP contribution in [0.1, 0.15) is 51.3 Å². The van der Waals surface area contributed by atoms with E-state index in [9.17, 15) is 19.1 Å². The minimum atomic E-state index is -0.765. The highest BCUT2D eigenvalue weighted by molar-refractivity contribution is 5.90.